The molecule has 3 aromatic rings. The lowest BCUT2D eigenvalue weighted by atomic mass is 10.0. The third-order valence-corrected chi connectivity index (χ3v) is 5.04. The van der Waals surface area contributed by atoms with Crippen LogP contribution in [0.4, 0.5) is 0 Å². The SMILES string of the molecule is CCc1oc2ccccc2c1CC(=O)N[C@@H](C)[C@H](O)c1ccc2c(c1)OCO2. The van der Waals surface area contributed by atoms with Crippen LogP contribution >= 0.6 is 0 Å². The van der Waals surface area contributed by atoms with Gasteiger partial charge in [-0.2, -0.15) is 0 Å². The number of hydrogen-bond donors (Lipinski definition) is 2. The lowest BCUT2D eigenvalue weighted by Crippen LogP contribution is -2.38. The number of carbonyl (C=O) groups excluding carboxylic acids is 1. The zero-order valence-electron chi connectivity index (χ0n) is 15.9. The number of hydrogen-bond acceptors (Lipinski definition) is 5. The summed E-state index contributed by atoms with van der Waals surface area (Å²) in [4.78, 5) is 12.6. The average Bonchev–Trinajstić information content (AvgIpc) is 3.31. The molecule has 146 valence electrons. The van der Waals surface area contributed by atoms with Gasteiger partial charge in [-0.1, -0.05) is 31.2 Å². The van der Waals surface area contributed by atoms with E-state index in [2.05, 4.69) is 5.32 Å². The first kappa shape index (κ1) is 18.4. The molecule has 2 heterocycles. The van der Waals surface area contributed by atoms with Crippen LogP contribution in [0, 0.1) is 0 Å². The van der Waals surface area contributed by atoms with E-state index in [1.807, 2.05) is 31.2 Å². The standard InChI is InChI=1S/C22H23NO5/c1-3-17-16(15-6-4-5-7-18(15)28-17)11-21(24)23-13(2)22(25)14-8-9-19-20(10-14)27-12-26-19/h4-10,13,22,25H,3,11-12H2,1-2H3,(H,23,24)/t13-,22-/m0/s1. The molecular formula is C22H23NO5. The molecule has 28 heavy (non-hydrogen) atoms. The smallest absolute Gasteiger partial charge is 0.231 e. The van der Waals surface area contributed by atoms with Gasteiger partial charge in [0, 0.05) is 17.4 Å². The number of nitrogens with one attached hydrogen (secondary N) is 1. The van der Waals surface area contributed by atoms with Crippen molar-refractivity contribution >= 4 is 16.9 Å². The second kappa shape index (κ2) is 7.56. The van der Waals surface area contributed by atoms with E-state index < -0.39 is 12.1 Å². The Kier molecular flexibility index (Phi) is 4.96. The van der Waals surface area contributed by atoms with E-state index >= 15 is 0 Å². The Morgan fingerprint density at radius 3 is 2.79 bits per heavy atom. The fraction of sp³-hybridized carbons (Fsp3) is 0.318. The van der Waals surface area contributed by atoms with E-state index in [1.54, 1.807) is 25.1 Å². The van der Waals surface area contributed by atoms with E-state index in [-0.39, 0.29) is 19.1 Å². The van der Waals surface area contributed by atoms with Crippen molar-refractivity contribution in [1.29, 1.82) is 0 Å². The molecule has 4 rings (SSSR count). The van der Waals surface area contributed by atoms with Crippen molar-refractivity contribution in [3.8, 4) is 11.5 Å². The van der Waals surface area contributed by atoms with Crippen molar-refractivity contribution in [2.24, 2.45) is 0 Å². The molecule has 2 atom stereocenters. The summed E-state index contributed by atoms with van der Waals surface area (Å²) in [5.74, 6) is 1.92. The quantitative estimate of drug-likeness (QED) is 0.683. The van der Waals surface area contributed by atoms with Crippen LogP contribution in [0.1, 0.15) is 36.8 Å². The Balaban J connectivity index is 1.46. The fourth-order valence-electron chi connectivity index (χ4n) is 3.56. The van der Waals surface area contributed by atoms with Crippen LogP contribution in [0.25, 0.3) is 11.0 Å². The molecule has 1 aliphatic rings. The van der Waals surface area contributed by atoms with Crippen molar-refractivity contribution in [2.45, 2.75) is 38.8 Å². The van der Waals surface area contributed by atoms with Crippen molar-refractivity contribution < 1.29 is 23.8 Å². The van der Waals surface area contributed by atoms with Gasteiger partial charge in [0.25, 0.3) is 0 Å². The van der Waals surface area contributed by atoms with Crippen molar-refractivity contribution in [3.05, 3.63) is 59.4 Å². The molecule has 0 saturated carbocycles. The van der Waals surface area contributed by atoms with Crippen LogP contribution in [0.5, 0.6) is 11.5 Å². The maximum Gasteiger partial charge on any atom is 0.231 e. The second-order valence-electron chi connectivity index (χ2n) is 6.94. The molecule has 2 aromatic carbocycles. The third-order valence-electron chi connectivity index (χ3n) is 5.04. The number of amides is 1. The number of para-hydroxylation sites is 1. The third kappa shape index (κ3) is 3.43. The molecular weight excluding hydrogens is 358 g/mol. The first-order valence-electron chi connectivity index (χ1n) is 9.43. The molecule has 0 unspecified atom stereocenters. The minimum absolute atomic E-state index is 0.159. The maximum atomic E-state index is 12.6. The highest BCUT2D eigenvalue weighted by Gasteiger charge is 2.23. The number of furan rings is 1. The number of aliphatic hydroxyl groups excluding tert-OH is 1. The summed E-state index contributed by atoms with van der Waals surface area (Å²) in [5.41, 5.74) is 2.36. The van der Waals surface area contributed by atoms with Crippen LogP contribution in [-0.4, -0.2) is 23.8 Å². The summed E-state index contributed by atoms with van der Waals surface area (Å²) in [6.07, 6.45) is 0.0654. The number of carbonyl (C=O) groups is 1. The topological polar surface area (TPSA) is 80.9 Å². The van der Waals surface area contributed by atoms with Gasteiger partial charge in [0.2, 0.25) is 12.7 Å². The Hall–Kier alpha value is -2.99. The average molecular weight is 381 g/mol. The molecule has 0 fully saturated rings. The van der Waals surface area contributed by atoms with E-state index in [1.165, 1.54) is 0 Å². The predicted octanol–water partition coefficient (Wildman–Crippen LogP) is 3.50. The predicted molar refractivity (Wildman–Crippen MR) is 104 cm³/mol. The van der Waals surface area contributed by atoms with Crippen LogP contribution in [0.2, 0.25) is 0 Å². The summed E-state index contributed by atoms with van der Waals surface area (Å²) < 4.78 is 16.5. The van der Waals surface area contributed by atoms with Crippen LogP contribution < -0.4 is 14.8 Å². The molecule has 0 bridgehead atoms. The first-order chi connectivity index (χ1) is 13.6. The zero-order chi connectivity index (χ0) is 19.7. The molecule has 0 spiro atoms. The number of rotatable bonds is 6. The number of fused-ring (bicyclic) bond motifs is 2. The highest BCUT2D eigenvalue weighted by Crippen LogP contribution is 2.34. The lowest BCUT2D eigenvalue weighted by Gasteiger charge is -2.21. The number of benzene rings is 2. The van der Waals surface area contributed by atoms with Gasteiger partial charge in [-0.25, -0.2) is 0 Å². The largest absolute Gasteiger partial charge is 0.461 e. The van der Waals surface area contributed by atoms with Crippen molar-refractivity contribution in [3.63, 3.8) is 0 Å². The van der Waals surface area contributed by atoms with Crippen LogP contribution in [-0.2, 0) is 17.6 Å². The molecule has 1 amide bonds. The normalized spacial score (nSPS) is 14.8. The van der Waals surface area contributed by atoms with Gasteiger partial charge in [0.1, 0.15) is 11.3 Å². The Morgan fingerprint density at radius 1 is 1.18 bits per heavy atom. The molecule has 0 aliphatic carbocycles. The lowest BCUT2D eigenvalue weighted by molar-refractivity contribution is -0.121. The number of ether oxygens (including phenoxy) is 2. The van der Waals surface area contributed by atoms with Gasteiger partial charge in [-0.3, -0.25) is 4.79 Å². The molecule has 0 radical (unpaired) electrons. The fourth-order valence-corrected chi connectivity index (χ4v) is 3.56. The minimum atomic E-state index is -0.856. The molecule has 6 heteroatoms. The van der Waals surface area contributed by atoms with Gasteiger partial charge >= 0.3 is 0 Å². The number of aryl methyl sites for hydroxylation is 1. The summed E-state index contributed by atoms with van der Waals surface area (Å²) >= 11 is 0. The summed E-state index contributed by atoms with van der Waals surface area (Å²) in [7, 11) is 0. The van der Waals surface area contributed by atoms with E-state index in [9.17, 15) is 9.90 Å². The van der Waals surface area contributed by atoms with Gasteiger partial charge in [-0.15, -0.1) is 0 Å². The second-order valence-corrected chi connectivity index (χ2v) is 6.94. The molecule has 1 aromatic heterocycles. The Labute approximate surface area is 163 Å². The van der Waals surface area contributed by atoms with Crippen molar-refractivity contribution in [2.75, 3.05) is 6.79 Å². The molecule has 2 N–H and O–H groups in total. The van der Waals surface area contributed by atoms with E-state index in [0.29, 0.717) is 23.5 Å². The minimum Gasteiger partial charge on any atom is -0.461 e. The number of aliphatic hydroxyl groups is 1. The molecule has 6 nitrogen and oxygen atoms in total. The van der Waals surface area contributed by atoms with Crippen molar-refractivity contribution in [1.82, 2.24) is 5.32 Å². The maximum absolute atomic E-state index is 12.6. The summed E-state index contributed by atoms with van der Waals surface area (Å²) in [6, 6.07) is 12.5. The van der Waals surface area contributed by atoms with Gasteiger partial charge in [-0.05, 0) is 30.7 Å². The summed E-state index contributed by atoms with van der Waals surface area (Å²) in [5, 5.41) is 14.5. The van der Waals surface area contributed by atoms with Crippen LogP contribution in [0.15, 0.2) is 46.9 Å². The Bertz CT molecular complexity index is 1010. The van der Waals surface area contributed by atoms with E-state index in [0.717, 1.165) is 22.3 Å². The molecule has 1 aliphatic heterocycles. The van der Waals surface area contributed by atoms with Gasteiger partial charge in [0.15, 0.2) is 11.5 Å². The monoisotopic (exact) mass is 381 g/mol. The first-order valence-corrected chi connectivity index (χ1v) is 9.43. The van der Waals surface area contributed by atoms with Gasteiger partial charge < -0.3 is 24.3 Å². The Morgan fingerprint density at radius 2 is 1.96 bits per heavy atom. The van der Waals surface area contributed by atoms with Gasteiger partial charge in [0.05, 0.1) is 18.6 Å². The zero-order valence-corrected chi connectivity index (χ0v) is 15.9. The van der Waals surface area contributed by atoms with Crippen LogP contribution in [0.3, 0.4) is 0 Å². The molecule has 0 saturated heterocycles. The highest BCUT2D eigenvalue weighted by molar-refractivity contribution is 5.88. The summed E-state index contributed by atoms with van der Waals surface area (Å²) in [6.45, 7) is 3.96. The highest BCUT2D eigenvalue weighted by atomic mass is 16.7. The van der Waals surface area contributed by atoms with E-state index in [4.69, 9.17) is 13.9 Å².